The Morgan fingerprint density at radius 3 is 2.60 bits per heavy atom. The first-order chi connectivity index (χ1) is 14.6. The van der Waals surface area contributed by atoms with Gasteiger partial charge in [-0.25, -0.2) is 9.37 Å². The summed E-state index contributed by atoms with van der Waals surface area (Å²) in [5.41, 5.74) is 2.21. The van der Waals surface area contributed by atoms with Crippen LogP contribution in [0.1, 0.15) is 13.0 Å². The molecule has 0 saturated heterocycles. The Morgan fingerprint density at radius 2 is 1.87 bits per heavy atom. The number of fused-ring (bicyclic) bond motifs is 3. The number of aliphatic hydroxyl groups is 1. The van der Waals surface area contributed by atoms with Crippen LogP contribution in [-0.2, 0) is 0 Å². The molecule has 150 valence electrons. The summed E-state index contributed by atoms with van der Waals surface area (Å²) in [5, 5.41) is 13.7. The van der Waals surface area contributed by atoms with E-state index < -0.39 is 6.04 Å². The van der Waals surface area contributed by atoms with Crippen molar-refractivity contribution in [1.82, 2.24) is 24.1 Å². The van der Waals surface area contributed by atoms with Crippen LogP contribution in [0.2, 0.25) is 0 Å². The maximum Gasteiger partial charge on any atom is 0.278 e. The molecule has 0 radical (unpaired) electrons. The lowest BCUT2D eigenvalue weighted by Gasteiger charge is -2.17. The number of hydrogen-bond donors (Lipinski definition) is 1. The smallest absolute Gasteiger partial charge is 0.278 e. The Labute approximate surface area is 168 Å². The third-order valence-corrected chi connectivity index (χ3v) is 5.02. The summed E-state index contributed by atoms with van der Waals surface area (Å²) in [6, 6.07) is 12.6. The minimum absolute atomic E-state index is 0.146. The van der Waals surface area contributed by atoms with Gasteiger partial charge in [-0.2, -0.15) is 4.98 Å². The van der Waals surface area contributed by atoms with Gasteiger partial charge < -0.3 is 9.63 Å². The van der Waals surface area contributed by atoms with Crippen molar-refractivity contribution < 1.29 is 14.0 Å². The average molecular weight is 405 g/mol. The topological polar surface area (TPSA) is 98.5 Å². The van der Waals surface area contributed by atoms with E-state index in [1.165, 1.54) is 35.2 Å². The molecule has 5 aromatic rings. The number of para-hydroxylation sites is 2. The molecule has 0 bridgehead atoms. The van der Waals surface area contributed by atoms with E-state index in [-0.39, 0.29) is 40.9 Å². The number of imidazole rings is 1. The molecule has 0 aliphatic rings. The monoisotopic (exact) mass is 405 g/mol. The maximum atomic E-state index is 13.4. The first kappa shape index (κ1) is 18.2. The molecule has 30 heavy (non-hydrogen) atoms. The second-order valence-corrected chi connectivity index (χ2v) is 6.94. The van der Waals surface area contributed by atoms with Crippen molar-refractivity contribution in [2.75, 3.05) is 6.61 Å². The molecule has 1 N–H and O–H groups in total. The maximum absolute atomic E-state index is 13.4. The van der Waals surface area contributed by atoms with E-state index in [4.69, 9.17) is 4.52 Å². The van der Waals surface area contributed by atoms with Crippen molar-refractivity contribution in [3.05, 3.63) is 71.0 Å². The number of halogens is 1. The van der Waals surface area contributed by atoms with Gasteiger partial charge in [-0.3, -0.25) is 13.8 Å². The Bertz CT molecular complexity index is 1440. The van der Waals surface area contributed by atoms with E-state index in [2.05, 4.69) is 15.1 Å². The molecule has 9 heteroatoms. The lowest BCUT2D eigenvalue weighted by molar-refractivity contribution is 0.239. The summed E-state index contributed by atoms with van der Waals surface area (Å²) < 4.78 is 21.7. The summed E-state index contributed by atoms with van der Waals surface area (Å²) in [6.07, 6.45) is 1.54. The normalized spacial score (nSPS) is 12.6. The van der Waals surface area contributed by atoms with E-state index >= 15 is 0 Å². The van der Waals surface area contributed by atoms with Crippen molar-refractivity contribution in [1.29, 1.82) is 0 Å². The van der Waals surface area contributed by atoms with E-state index in [0.717, 1.165) is 5.52 Å². The molecule has 0 saturated carbocycles. The SMILES string of the molecule is CC(CO)n1c(=O)c2c(-c3noc(-c4ccc(F)cc4)n3)ncn2c2ccccc21. The van der Waals surface area contributed by atoms with Gasteiger partial charge in [0.15, 0.2) is 0 Å². The number of aromatic nitrogens is 5. The molecule has 1 atom stereocenters. The van der Waals surface area contributed by atoms with Crippen molar-refractivity contribution in [3.63, 3.8) is 0 Å². The molecular formula is C21H16FN5O3. The molecule has 3 aromatic heterocycles. The van der Waals surface area contributed by atoms with E-state index in [9.17, 15) is 14.3 Å². The van der Waals surface area contributed by atoms with Crippen LogP contribution in [0.4, 0.5) is 4.39 Å². The fourth-order valence-electron chi connectivity index (χ4n) is 3.54. The molecule has 0 spiro atoms. The summed E-state index contributed by atoms with van der Waals surface area (Å²) >= 11 is 0. The third kappa shape index (κ3) is 2.71. The minimum atomic E-state index is -0.435. The van der Waals surface area contributed by atoms with Gasteiger partial charge >= 0.3 is 0 Å². The number of hydrogen-bond acceptors (Lipinski definition) is 6. The summed E-state index contributed by atoms with van der Waals surface area (Å²) in [5.74, 6) is -0.0348. The standard InChI is InChI=1S/C21H16FN5O3/c1-12(10-28)27-16-5-3-2-4-15(16)26-11-23-17(18(26)21(27)29)19-24-20(30-25-19)13-6-8-14(22)9-7-13/h2-9,11-12,28H,10H2,1H3. The Balaban J connectivity index is 1.75. The zero-order valence-corrected chi connectivity index (χ0v) is 15.9. The van der Waals surface area contributed by atoms with Crippen LogP contribution in [-0.4, -0.2) is 35.8 Å². The fraction of sp³-hybridized carbons (Fsp3) is 0.143. The highest BCUT2D eigenvalue weighted by Crippen LogP contribution is 2.26. The predicted molar refractivity (Wildman–Crippen MR) is 107 cm³/mol. The van der Waals surface area contributed by atoms with Crippen molar-refractivity contribution in [2.45, 2.75) is 13.0 Å². The van der Waals surface area contributed by atoms with E-state index in [1.54, 1.807) is 11.3 Å². The molecule has 0 aliphatic carbocycles. The first-order valence-electron chi connectivity index (χ1n) is 9.29. The number of aliphatic hydroxyl groups excluding tert-OH is 1. The number of nitrogens with zero attached hydrogens (tertiary/aromatic N) is 5. The quantitative estimate of drug-likeness (QED) is 0.493. The molecule has 8 nitrogen and oxygen atoms in total. The molecule has 0 aliphatic heterocycles. The largest absolute Gasteiger partial charge is 0.394 e. The van der Waals surface area contributed by atoms with E-state index in [1.807, 2.05) is 24.3 Å². The zero-order valence-electron chi connectivity index (χ0n) is 15.9. The molecule has 5 rings (SSSR count). The van der Waals surface area contributed by atoms with Gasteiger partial charge in [-0.05, 0) is 43.3 Å². The lowest BCUT2D eigenvalue weighted by atomic mass is 10.2. The van der Waals surface area contributed by atoms with Crippen molar-refractivity contribution >= 4 is 16.6 Å². The van der Waals surface area contributed by atoms with Crippen LogP contribution in [0.5, 0.6) is 0 Å². The van der Waals surface area contributed by atoms with Crippen LogP contribution in [0, 0.1) is 5.82 Å². The Hall–Kier alpha value is -3.85. The molecule has 0 amide bonds. The Kier molecular flexibility index (Phi) is 4.18. The lowest BCUT2D eigenvalue weighted by Crippen LogP contribution is -2.27. The van der Waals surface area contributed by atoms with Crippen LogP contribution >= 0.6 is 0 Å². The van der Waals surface area contributed by atoms with Gasteiger partial charge in [0.05, 0.1) is 23.7 Å². The second-order valence-electron chi connectivity index (χ2n) is 6.94. The van der Waals surface area contributed by atoms with Crippen LogP contribution in [0.15, 0.2) is 64.2 Å². The van der Waals surface area contributed by atoms with Gasteiger partial charge in [-0.1, -0.05) is 17.3 Å². The number of benzene rings is 2. The van der Waals surface area contributed by atoms with E-state index in [0.29, 0.717) is 11.1 Å². The predicted octanol–water partition coefficient (Wildman–Crippen LogP) is 3.06. The highest BCUT2D eigenvalue weighted by molar-refractivity contribution is 5.83. The van der Waals surface area contributed by atoms with Gasteiger partial charge in [-0.15, -0.1) is 0 Å². The van der Waals surface area contributed by atoms with Crippen molar-refractivity contribution in [2.24, 2.45) is 0 Å². The van der Waals surface area contributed by atoms with Crippen molar-refractivity contribution in [3.8, 4) is 23.0 Å². The molecule has 1 unspecified atom stereocenters. The fourth-order valence-corrected chi connectivity index (χ4v) is 3.54. The van der Waals surface area contributed by atoms with Crippen LogP contribution in [0.25, 0.3) is 39.5 Å². The third-order valence-electron chi connectivity index (χ3n) is 5.02. The highest BCUT2D eigenvalue weighted by atomic mass is 19.1. The molecule has 3 heterocycles. The molecule has 0 fully saturated rings. The van der Waals surface area contributed by atoms with Gasteiger partial charge in [0.1, 0.15) is 23.4 Å². The Morgan fingerprint density at radius 1 is 1.13 bits per heavy atom. The summed E-state index contributed by atoms with van der Waals surface area (Å²) in [4.78, 5) is 22.1. The highest BCUT2D eigenvalue weighted by Gasteiger charge is 2.22. The van der Waals surface area contributed by atoms with Crippen LogP contribution < -0.4 is 5.56 Å². The van der Waals surface area contributed by atoms with Gasteiger partial charge in [0.2, 0.25) is 5.82 Å². The number of rotatable bonds is 4. The summed E-state index contributed by atoms with van der Waals surface area (Å²) in [7, 11) is 0. The van der Waals surface area contributed by atoms with Crippen LogP contribution in [0.3, 0.4) is 0 Å². The average Bonchev–Trinajstić information content (AvgIpc) is 3.42. The minimum Gasteiger partial charge on any atom is -0.394 e. The zero-order chi connectivity index (χ0) is 20.8. The van der Waals surface area contributed by atoms with Gasteiger partial charge in [0.25, 0.3) is 11.4 Å². The molecular weight excluding hydrogens is 389 g/mol. The second kappa shape index (κ2) is 6.89. The first-order valence-corrected chi connectivity index (χ1v) is 9.29. The molecule has 2 aromatic carbocycles. The van der Waals surface area contributed by atoms with Gasteiger partial charge in [0, 0.05) is 5.56 Å². The summed E-state index contributed by atoms with van der Waals surface area (Å²) in [6.45, 7) is 1.57.